The summed E-state index contributed by atoms with van der Waals surface area (Å²) >= 11 is 2.96. The first kappa shape index (κ1) is 24.1. The van der Waals surface area contributed by atoms with E-state index in [1.165, 1.54) is 11.3 Å². The standard InChI is InChI=1S/C26H26N4O5S2/c31-18-15-30(23(32)16-6-2-5-11-27-16)17-7-12-29(22(17)18)24(33)26(9-3-1-4-10-26)28-25(34)35-21-14-20-19(37-21)8-13-36-20/h2,5-6,8,11,13-14,17,22H,1,3-4,7,9-10,12,15H2,(H,28,34). The van der Waals surface area contributed by atoms with E-state index in [-0.39, 0.29) is 29.8 Å². The lowest BCUT2D eigenvalue weighted by molar-refractivity contribution is -0.143. The zero-order valence-electron chi connectivity index (χ0n) is 20.1. The normalized spacial score (nSPS) is 22.8. The highest BCUT2D eigenvalue weighted by molar-refractivity contribution is 7.27. The first-order chi connectivity index (χ1) is 17.9. The molecule has 192 valence electrons. The van der Waals surface area contributed by atoms with Crippen molar-refractivity contribution in [2.24, 2.45) is 0 Å². The number of aromatic nitrogens is 1. The van der Waals surface area contributed by atoms with Gasteiger partial charge in [0, 0.05) is 28.2 Å². The Morgan fingerprint density at radius 1 is 1.08 bits per heavy atom. The van der Waals surface area contributed by atoms with Crippen LogP contribution < -0.4 is 10.1 Å². The van der Waals surface area contributed by atoms with Crippen molar-refractivity contribution in [3.8, 4) is 5.06 Å². The number of hydrogen-bond acceptors (Lipinski definition) is 8. The van der Waals surface area contributed by atoms with Crippen molar-refractivity contribution in [2.45, 2.75) is 56.1 Å². The van der Waals surface area contributed by atoms with Gasteiger partial charge in [-0.05, 0) is 42.8 Å². The molecule has 0 spiro atoms. The zero-order valence-corrected chi connectivity index (χ0v) is 21.7. The maximum Gasteiger partial charge on any atom is 0.414 e. The maximum atomic E-state index is 14.0. The number of rotatable bonds is 4. The minimum Gasteiger partial charge on any atom is -0.399 e. The molecule has 5 heterocycles. The summed E-state index contributed by atoms with van der Waals surface area (Å²) in [5, 5.41) is 5.37. The number of fused-ring (bicyclic) bond motifs is 2. The number of carbonyl (C=O) groups excluding carboxylic acids is 4. The molecule has 0 aromatic carbocycles. The average molecular weight is 539 g/mol. The van der Waals surface area contributed by atoms with Crippen molar-refractivity contribution < 1.29 is 23.9 Å². The van der Waals surface area contributed by atoms with Crippen LogP contribution in [0.2, 0.25) is 0 Å². The second kappa shape index (κ2) is 9.53. The molecule has 3 aromatic rings. The zero-order chi connectivity index (χ0) is 25.6. The molecule has 0 radical (unpaired) electrons. The third-order valence-electron chi connectivity index (χ3n) is 7.60. The lowest BCUT2D eigenvalue weighted by Gasteiger charge is -2.40. The van der Waals surface area contributed by atoms with E-state index in [1.54, 1.807) is 45.5 Å². The predicted octanol–water partition coefficient (Wildman–Crippen LogP) is 3.84. The Hall–Kier alpha value is -3.31. The van der Waals surface area contributed by atoms with Gasteiger partial charge in [-0.15, -0.1) is 11.3 Å². The fourth-order valence-corrected chi connectivity index (χ4v) is 7.83. The Morgan fingerprint density at radius 2 is 1.92 bits per heavy atom. The number of carbonyl (C=O) groups is 4. The van der Waals surface area contributed by atoms with Gasteiger partial charge in [-0.25, -0.2) is 4.79 Å². The van der Waals surface area contributed by atoms with Crippen molar-refractivity contribution in [3.05, 3.63) is 47.6 Å². The fraction of sp³-hybridized carbons (Fsp3) is 0.423. The van der Waals surface area contributed by atoms with Crippen molar-refractivity contribution >= 4 is 55.8 Å². The predicted molar refractivity (Wildman–Crippen MR) is 139 cm³/mol. The van der Waals surface area contributed by atoms with Gasteiger partial charge < -0.3 is 19.9 Å². The summed E-state index contributed by atoms with van der Waals surface area (Å²) in [5.74, 6) is -0.725. The Bertz CT molecular complexity index is 1330. The van der Waals surface area contributed by atoms with E-state index in [1.807, 2.05) is 17.5 Å². The number of Topliss-reactive ketones (excluding diaryl/α,β-unsaturated/α-hetero) is 1. The molecule has 6 rings (SSSR count). The number of hydrogen-bond donors (Lipinski definition) is 1. The first-order valence-corrected chi connectivity index (χ1v) is 14.2. The van der Waals surface area contributed by atoms with Crippen molar-refractivity contribution in [1.29, 1.82) is 0 Å². The third kappa shape index (κ3) is 4.29. The second-order valence-electron chi connectivity index (χ2n) is 9.79. The van der Waals surface area contributed by atoms with Crippen molar-refractivity contribution in [2.75, 3.05) is 13.1 Å². The van der Waals surface area contributed by atoms with E-state index in [4.69, 9.17) is 4.74 Å². The number of nitrogens with zero attached hydrogens (tertiary/aromatic N) is 3. The molecule has 3 aromatic heterocycles. The molecule has 3 amide bonds. The van der Waals surface area contributed by atoms with Gasteiger partial charge in [0.2, 0.25) is 5.91 Å². The Kier molecular flexibility index (Phi) is 6.20. The van der Waals surface area contributed by atoms with Crippen molar-refractivity contribution in [1.82, 2.24) is 20.1 Å². The first-order valence-electron chi connectivity index (χ1n) is 12.5. The van der Waals surface area contributed by atoms with Gasteiger partial charge >= 0.3 is 6.09 Å². The van der Waals surface area contributed by atoms with Gasteiger partial charge in [0.1, 0.15) is 17.3 Å². The summed E-state index contributed by atoms with van der Waals surface area (Å²) in [7, 11) is 0. The molecule has 0 bridgehead atoms. The minimum absolute atomic E-state index is 0.0491. The van der Waals surface area contributed by atoms with E-state index < -0.39 is 23.7 Å². The largest absolute Gasteiger partial charge is 0.414 e. The highest BCUT2D eigenvalue weighted by Gasteiger charge is 2.55. The van der Waals surface area contributed by atoms with Crippen LogP contribution in [0.4, 0.5) is 4.79 Å². The molecule has 2 aliphatic heterocycles. The number of likely N-dealkylation sites (tertiary alicyclic amines) is 2. The molecule has 11 heteroatoms. The SMILES string of the molecule is O=C(NC1(C(=O)N2CCC3C2C(=O)CN3C(=O)c2ccccn2)CCCCC1)Oc1cc2sccc2s1. The molecule has 37 heavy (non-hydrogen) atoms. The Labute approximate surface area is 221 Å². The molecule has 1 N–H and O–H groups in total. The lowest BCUT2D eigenvalue weighted by atomic mass is 9.80. The number of nitrogens with one attached hydrogen (secondary N) is 1. The molecule has 1 aliphatic carbocycles. The van der Waals surface area contributed by atoms with Gasteiger partial charge in [-0.2, -0.15) is 0 Å². The van der Waals surface area contributed by atoms with Crippen LogP contribution in [0.1, 0.15) is 49.0 Å². The lowest BCUT2D eigenvalue weighted by Crippen LogP contribution is -2.62. The Morgan fingerprint density at radius 3 is 2.68 bits per heavy atom. The molecule has 9 nitrogen and oxygen atoms in total. The van der Waals surface area contributed by atoms with E-state index in [9.17, 15) is 19.2 Å². The summed E-state index contributed by atoms with van der Waals surface area (Å²) in [6.07, 6.45) is 4.92. The molecule has 3 fully saturated rings. The van der Waals surface area contributed by atoms with E-state index in [0.717, 1.165) is 28.7 Å². The van der Waals surface area contributed by atoms with Crippen LogP contribution in [-0.4, -0.2) is 69.2 Å². The Balaban J connectivity index is 1.20. The monoisotopic (exact) mass is 538 g/mol. The number of ketones is 1. The molecule has 3 aliphatic rings. The average Bonchev–Trinajstić information content (AvgIpc) is 3.67. The fourth-order valence-electron chi connectivity index (χ4n) is 5.88. The molecule has 1 saturated carbocycles. The second-order valence-corrected chi connectivity index (χ2v) is 11.8. The van der Waals surface area contributed by atoms with Crippen LogP contribution >= 0.6 is 22.7 Å². The number of thiophene rings is 2. The highest BCUT2D eigenvalue weighted by atomic mass is 32.1. The number of pyridine rings is 1. The third-order valence-corrected chi connectivity index (χ3v) is 9.57. The van der Waals surface area contributed by atoms with Crippen molar-refractivity contribution in [3.63, 3.8) is 0 Å². The highest BCUT2D eigenvalue weighted by Crippen LogP contribution is 2.38. The van der Waals surface area contributed by atoms with Gasteiger partial charge in [-0.1, -0.05) is 36.7 Å². The van der Waals surface area contributed by atoms with E-state index >= 15 is 0 Å². The molecular weight excluding hydrogens is 512 g/mol. The van der Waals surface area contributed by atoms with E-state index in [2.05, 4.69) is 10.3 Å². The van der Waals surface area contributed by atoms with Gasteiger partial charge in [-0.3, -0.25) is 19.4 Å². The van der Waals surface area contributed by atoms with Crippen LogP contribution in [0.25, 0.3) is 9.40 Å². The van der Waals surface area contributed by atoms with Crippen LogP contribution in [0.3, 0.4) is 0 Å². The van der Waals surface area contributed by atoms with E-state index in [0.29, 0.717) is 30.9 Å². The van der Waals surface area contributed by atoms with Gasteiger partial charge in [0.05, 0.1) is 12.6 Å². The summed E-state index contributed by atoms with van der Waals surface area (Å²) in [4.78, 5) is 60.5. The number of amides is 3. The summed E-state index contributed by atoms with van der Waals surface area (Å²) in [6, 6.07) is 7.80. The molecule has 2 atom stereocenters. The minimum atomic E-state index is -1.13. The molecular formula is C26H26N4O5S2. The van der Waals surface area contributed by atoms with Crippen LogP contribution in [0.15, 0.2) is 41.9 Å². The quantitative estimate of drug-likeness (QED) is 0.541. The summed E-state index contributed by atoms with van der Waals surface area (Å²) in [5.41, 5.74) is -0.847. The topological polar surface area (TPSA) is 109 Å². The van der Waals surface area contributed by atoms with Crippen LogP contribution in [-0.2, 0) is 9.59 Å². The summed E-state index contributed by atoms with van der Waals surface area (Å²) in [6.45, 7) is 0.304. The smallest absolute Gasteiger partial charge is 0.399 e. The molecule has 2 saturated heterocycles. The van der Waals surface area contributed by atoms with Gasteiger partial charge in [0.25, 0.3) is 5.91 Å². The van der Waals surface area contributed by atoms with Crippen LogP contribution in [0, 0.1) is 0 Å². The summed E-state index contributed by atoms with van der Waals surface area (Å²) < 4.78 is 7.67. The maximum absolute atomic E-state index is 14.0. The number of ether oxygens (including phenoxy) is 1. The van der Waals surface area contributed by atoms with Crippen LogP contribution in [0.5, 0.6) is 5.06 Å². The molecule has 2 unspecified atom stereocenters. The van der Waals surface area contributed by atoms with Gasteiger partial charge in [0.15, 0.2) is 10.8 Å².